The van der Waals surface area contributed by atoms with Gasteiger partial charge >= 0.3 is 0 Å². The van der Waals surface area contributed by atoms with Crippen LogP contribution in [0.25, 0.3) is 0 Å². The van der Waals surface area contributed by atoms with E-state index in [0.29, 0.717) is 29.2 Å². The van der Waals surface area contributed by atoms with Crippen LogP contribution >= 0.6 is 12.6 Å². The third kappa shape index (κ3) is 2.89. The second kappa shape index (κ2) is 5.66. The number of hydrogen-bond acceptors (Lipinski definition) is 4. The highest BCUT2D eigenvalue weighted by Crippen LogP contribution is 2.27. The zero-order valence-corrected chi connectivity index (χ0v) is 9.71. The van der Waals surface area contributed by atoms with E-state index in [1.807, 2.05) is 0 Å². The molecule has 0 aliphatic rings. The summed E-state index contributed by atoms with van der Waals surface area (Å²) in [5, 5.41) is 0. The summed E-state index contributed by atoms with van der Waals surface area (Å²) in [5.74, 6) is 1.81. The average molecular weight is 226 g/mol. The van der Waals surface area contributed by atoms with Crippen LogP contribution in [0.4, 0.5) is 0 Å². The van der Waals surface area contributed by atoms with E-state index >= 15 is 0 Å². The maximum Gasteiger partial charge on any atom is 0.163 e. The van der Waals surface area contributed by atoms with Gasteiger partial charge in [0.25, 0.3) is 0 Å². The second-order valence-corrected chi connectivity index (χ2v) is 3.41. The van der Waals surface area contributed by atoms with E-state index in [0.717, 1.165) is 0 Å². The number of ether oxygens (including phenoxy) is 2. The Morgan fingerprint density at radius 2 is 1.93 bits per heavy atom. The monoisotopic (exact) mass is 226 g/mol. The van der Waals surface area contributed by atoms with Crippen LogP contribution in [0.5, 0.6) is 11.5 Å². The van der Waals surface area contributed by atoms with Crippen molar-refractivity contribution in [3.05, 3.63) is 23.8 Å². The molecule has 0 aliphatic carbocycles. The van der Waals surface area contributed by atoms with E-state index in [1.54, 1.807) is 32.4 Å². The van der Waals surface area contributed by atoms with Crippen molar-refractivity contribution in [2.75, 3.05) is 20.0 Å². The molecule has 3 nitrogen and oxygen atoms in total. The zero-order chi connectivity index (χ0) is 11.3. The van der Waals surface area contributed by atoms with Gasteiger partial charge in [-0.3, -0.25) is 4.79 Å². The van der Waals surface area contributed by atoms with E-state index in [2.05, 4.69) is 12.6 Å². The smallest absolute Gasteiger partial charge is 0.163 e. The Labute approximate surface area is 94.8 Å². The molecule has 0 radical (unpaired) electrons. The summed E-state index contributed by atoms with van der Waals surface area (Å²) >= 11 is 4.02. The molecule has 0 spiro atoms. The summed E-state index contributed by atoms with van der Waals surface area (Å²) in [4.78, 5) is 11.6. The highest BCUT2D eigenvalue weighted by Gasteiger charge is 2.09. The summed E-state index contributed by atoms with van der Waals surface area (Å²) in [6, 6.07) is 5.14. The lowest BCUT2D eigenvalue weighted by atomic mass is 10.1. The number of Topliss-reactive ketones (excluding diaryl/α,β-unsaturated/α-hetero) is 1. The van der Waals surface area contributed by atoms with Crippen molar-refractivity contribution in [1.82, 2.24) is 0 Å². The Balaban J connectivity index is 2.97. The first-order valence-corrected chi connectivity index (χ1v) is 5.22. The van der Waals surface area contributed by atoms with E-state index in [1.165, 1.54) is 0 Å². The average Bonchev–Trinajstić information content (AvgIpc) is 2.28. The Morgan fingerprint density at radius 1 is 1.27 bits per heavy atom. The highest BCUT2D eigenvalue weighted by molar-refractivity contribution is 7.80. The first-order chi connectivity index (χ1) is 7.22. The molecular formula is C11H14O3S. The Hall–Kier alpha value is -1.16. The molecule has 1 aromatic rings. The predicted molar refractivity (Wildman–Crippen MR) is 62.3 cm³/mol. The van der Waals surface area contributed by atoms with Gasteiger partial charge in [-0.15, -0.1) is 0 Å². The van der Waals surface area contributed by atoms with Crippen LogP contribution in [0.15, 0.2) is 18.2 Å². The molecule has 0 N–H and O–H groups in total. The van der Waals surface area contributed by atoms with Gasteiger partial charge in [-0.25, -0.2) is 0 Å². The number of thiol groups is 1. The van der Waals surface area contributed by atoms with Gasteiger partial charge in [0.1, 0.15) is 0 Å². The van der Waals surface area contributed by atoms with Crippen LogP contribution in [-0.4, -0.2) is 25.8 Å². The SMILES string of the molecule is COc1ccc(C(=O)CCS)cc1OC. The van der Waals surface area contributed by atoms with Gasteiger partial charge in [-0.05, 0) is 24.0 Å². The molecule has 0 atom stereocenters. The summed E-state index contributed by atoms with van der Waals surface area (Å²) in [5.41, 5.74) is 0.627. The highest BCUT2D eigenvalue weighted by atomic mass is 32.1. The minimum atomic E-state index is 0.0611. The lowest BCUT2D eigenvalue weighted by Crippen LogP contribution is -2.01. The van der Waals surface area contributed by atoms with Gasteiger partial charge in [0.15, 0.2) is 17.3 Å². The fourth-order valence-electron chi connectivity index (χ4n) is 1.26. The van der Waals surface area contributed by atoms with E-state index in [-0.39, 0.29) is 5.78 Å². The maximum absolute atomic E-state index is 11.6. The number of carbonyl (C=O) groups is 1. The second-order valence-electron chi connectivity index (χ2n) is 2.97. The van der Waals surface area contributed by atoms with Crippen LogP contribution in [0.2, 0.25) is 0 Å². The van der Waals surface area contributed by atoms with Crippen molar-refractivity contribution in [3.8, 4) is 11.5 Å². The minimum Gasteiger partial charge on any atom is -0.493 e. The molecule has 4 heteroatoms. The first kappa shape index (κ1) is 11.9. The molecule has 0 unspecified atom stereocenters. The van der Waals surface area contributed by atoms with Crippen molar-refractivity contribution in [2.45, 2.75) is 6.42 Å². The van der Waals surface area contributed by atoms with Crippen molar-refractivity contribution >= 4 is 18.4 Å². The van der Waals surface area contributed by atoms with Crippen LogP contribution < -0.4 is 9.47 Å². The van der Waals surface area contributed by atoms with Crippen LogP contribution in [0, 0.1) is 0 Å². The molecule has 0 fully saturated rings. The molecule has 82 valence electrons. The molecular weight excluding hydrogens is 212 g/mol. The van der Waals surface area contributed by atoms with E-state index in [9.17, 15) is 4.79 Å². The molecule has 0 saturated heterocycles. The van der Waals surface area contributed by atoms with Crippen molar-refractivity contribution in [3.63, 3.8) is 0 Å². The first-order valence-electron chi connectivity index (χ1n) is 4.59. The quantitative estimate of drug-likeness (QED) is 0.617. The summed E-state index contributed by atoms with van der Waals surface area (Å²) < 4.78 is 10.2. The maximum atomic E-state index is 11.6. The Bertz CT molecular complexity index is 350. The number of rotatable bonds is 5. The van der Waals surface area contributed by atoms with Crippen molar-refractivity contribution in [2.24, 2.45) is 0 Å². The van der Waals surface area contributed by atoms with Crippen LogP contribution in [0.1, 0.15) is 16.8 Å². The van der Waals surface area contributed by atoms with Crippen molar-refractivity contribution in [1.29, 1.82) is 0 Å². The molecule has 0 aliphatic heterocycles. The number of benzene rings is 1. The minimum absolute atomic E-state index is 0.0611. The topological polar surface area (TPSA) is 35.5 Å². The molecule has 0 aromatic heterocycles. The number of hydrogen-bond donors (Lipinski definition) is 1. The fraction of sp³-hybridized carbons (Fsp3) is 0.364. The molecule has 0 saturated carbocycles. The van der Waals surface area contributed by atoms with Crippen LogP contribution in [-0.2, 0) is 0 Å². The number of methoxy groups -OCH3 is 2. The molecule has 0 bridgehead atoms. The molecule has 0 amide bonds. The third-order valence-corrected chi connectivity index (χ3v) is 2.27. The lowest BCUT2D eigenvalue weighted by molar-refractivity contribution is 0.0989. The van der Waals surface area contributed by atoms with Crippen LogP contribution in [0.3, 0.4) is 0 Å². The summed E-state index contributed by atoms with van der Waals surface area (Å²) in [6.45, 7) is 0. The Kier molecular flexibility index (Phi) is 4.49. The largest absolute Gasteiger partial charge is 0.493 e. The fourth-order valence-corrected chi connectivity index (χ4v) is 1.46. The molecule has 1 aromatic carbocycles. The molecule has 1 rings (SSSR count). The predicted octanol–water partition coefficient (Wildman–Crippen LogP) is 2.21. The zero-order valence-electron chi connectivity index (χ0n) is 8.82. The van der Waals surface area contributed by atoms with Gasteiger partial charge in [-0.2, -0.15) is 12.6 Å². The van der Waals surface area contributed by atoms with Crippen molar-refractivity contribution < 1.29 is 14.3 Å². The van der Waals surface area contributed by atoms with E-state index in [4.69, 9.17) is 9.47 Å². The summed E-state index contributed by atoms with van der Waals surface area (Å²) in [7, 11) is 3.11. The van der Waals surface area contributed by atoms with Gasteiger partial charge in [0.2, 0.25) is 0 Å². The normalized spacial score (nSPS) is 9.80. The molecule has 15 heavy (non-hydrogen) atoms. The lowest BCUT2D eigenvalue weighted by Gasteiger charge is -2.08. The third-order valence-electron chi connectivity index (χ3n) is 2.04. The van der Waals surface area contributed by atoms with Gasteiger partial charge in [0, 0.05) is 12.0 Å². The number of ketones is 1. The number of carbonyl (C=O) groups excluding carboxylic acids is 1. The van der Waals surface area contributed by atoms with Gasteiger partial charge < -0.3 is 9.47 Å². The summed E-state index contributed by atoms with van der Waals surface area (Å²) in [6.07, 6.45) is 0.429. The van der Waals surface area contributed by atoms with Gasteiger partial charge in [0.05, 0.1) is 14.2 Å². The Morgan fingerprint density at radius 3 is 2.47 bits per heavy atom. The molecule has 0 heterocycles. The van der Waals surface area contributed by atoms with E-state index < -0.39 is 0 Å². The standard InChI is InChI=1S/C11H14O3S/c1-13-10-4-3-8(7-11(10)14-2)9(12)5-6-15/h3-4,7,15H,5-6H2,1-2H3. The van der Waals surface area contributed by atoms with Gasteiger partial charge in [-0.1, -0.05) is 0 Å².